The zero-order valence-electron chi connectivity index (χ0n) is 16.8. The normalized spacial score (nSPS) is 11.5. The summed E-state index contributed by atoms with van der Waals surface area (Å²) in [7, 11) is -2.13. The van der Waals surface area contributed by atoms with Crippen molar-refractivity contribution >= 4 is 35.0 Å². The van der Waals surface area contributed by atoms with Crippen molar-refractivity contribution in [2.75, 3.05) is 6.16 Å². The first-order valence-corrected chi connectivity index (χ1v) is 12.1. The molecule has 4 aromatic carbocycles. The van der Waals surface area contributed by atoms with Gasteiger partial charge in [-0.25, -0.2) is 0 Å². The standard InChI is InChI=1S/C28H24OP/c29-25(22-21-24-13-5-1-6-14-24)23-30(26-15-7-2-8-16-26,27-17-9-3-10-18-27)28-19-11-4-12-20-28/h1-22H,23H2/q+1. The van der Waals surface area contributed by atoms with Gasteiger partial charge in [0.25, 0.3) is 0 Å². The maximum absolute atomic E-state index is 13.3. The molecule has 0 amide bonds. The zero-order chi connectivity index (χ0) is 20.7. The molecule has 0 spiro atoms. The second-order valence-electron chi connectivity index (χ2n) is 7.18. The molecule has 0 fully saturated rings. The molecule has 0 saturated carbocycles. The molecule has 0 atom stereocenters. The van der Waals surface area contributed by atoms with Crippen molar-refractivity contribution in [2.45, 2.75) is 0 Å². The Morgan fingerprint density at radius 3 is 1.33 bits per heavy atom. The topological polar surface area (TPSA) is 17.1 Å². The van der Waals surface area contributed by atoms with E-state index < -0.39 is 7.26 Å². The Morgan fingerprint density at radius 1 is 0.567 bits per heavy atom. The molecule has 0 radical (unpaired) electrons. The van der Waals surface area contributed by atoms with Crippen LogP contribution in [0.3, 0.4) is 0 Å². The van der Waals surface area contributed by atoms with Crippen LogP contribution < -0.4 is 15.9 Å². The van der Waals surface area contributed by atoms with Crippen LogP contribution in [0.1, 0.15) is 5.56 Å². The Balaban J connectivity index is 1.83. The van der Waals surface area contributed by atoms with E-state index in [2.05, 4.69) is 72.8 Å². The van der Waals surface area contributed by atoms with Gasteiger partial charge in [-0.2, -0.15) is 0 Å². The van der Waals surface area contributed by atoms with Gasteiger partial charge in [0, 0.05) is 0 Å². The maximum Gasteiger partial charge on any atom is 0.193 e. The van der Waals surface area contributed by atoms with Gasteiger partial charge < -0.3 is 0 Å². The Bertz CT molecular complexity index is 1010. The number of hydrogen-bond donors (Lipinski definition) is 0. The van der Waals surface area contributed by atoms with Crippen LogP contribution in [0.5, 0.6) is 0 Å². The summed E-state index contributed by atoms with van der Waals surface area (Å²) >= 11 is 0. The minimum atomic E-state index is -2.13. The fourth-order valence-electron chi connectivity index (χ4n) is 3.81. The molecular weight excluding hydrogens is 383 g/mol. The summed E-state index contributed by atoms with van der Waals surface area (Å²) in [5, 5.41) is 3.68. The van der Waals surface area contributed by atoms with E-state index in [0.29, 0.717) is 6.16 Å². The van der Waals surface area contributed by atoms with E-state index in [9.17, 15) is 4.79 Å². The molecule has 0 unspecified atom stereocenters. The number of hydrogen-bond acceptors (Lipinski definition) is 1. The molecule has 146 valence electrons. The minimum absolute atomic E-state index is 0.142. The van der Waals surface area contributed by atoms with Crippen molar-refractivity contribution in [3.8, 4) is 0 Å². The second kappa shape index (κ2) is 9.48. The molecule has 4 aromatic rings. The number of ketones is 1. The average Bonchev–Trinajstić information content (AvgIpc) is 2.83. The number of allylic oxidation sites excluding steroid dienone is 1. The number of benzene rings is 4. The summed E-state index contributed by atoms with van der Waals surface area (Å²) in [6.45, 7) is 0. The molecule has 0 aliphatic heterocycles. The zero-order valence-corrected chi connectivity index (χ0v) is 17.7. The number of rotatable bonds is 7. The van der Waals surface area contributed by atoms with Gasteiger partial charge in [-0.3, -0.25) is 4.79 Å². The maximum atomic E-state index is 13.3. The summed E-state index contributed by atoms with van der Waals surface area (Å²) in [6, 6.07) is 41.5. The van der Waals surface area contributed by atoms with Crippen molar-refractivity contribution in [1.29, 1.82) is 0 Å². The Hall–Kier alpha value is -3.28. The van der Waals surface area contributed by atoms with E-state index in [1.165, 1.54) is 15.9 Å². The highest BCUT2D eigenvalue weighted by Gasteiger charge is 2.46. The first-order chi connectivity index (χ1) is 14.8. The average molecular weight is 407 g/mol. The molecule has 0 bridgehead atoms. The lowest BCUT2D eigenvalue weighted by atomic mass is 10.2. The van der Waals surface area contributed by atoms with Gasteiger partial charge in [-0.05, 0) is 48.0 Å². The molecule has 0 aliphatic rings. The summed E-state index contributed by atoms with van der Waals surface area (Å²) in [5.74, 6) is 0.142. The molecule has 0 saturated heterocycles. The van der Waals surface area contributed by atoms with E-state index in [0.717, 1.165) is 5.56 Å². The van der Waals surface area contributed by atoms with Gasteiger partial charge in [0.1, 0.15) is 29.3 Å². The Morgan fingerprint density at radius 2 is 0.933 bits per heavy atom. The van der Waals surface area contributed by atoms with Crippen LogP contribution in [0.15, 0.2) is 127 Å². The van der Waals surface area contributed by atoms with Gasteiger partial charge in [0.15, 0.2) is 5.78 Å². The fourth-order valence-corrected chi connectivity index (χ4v) is 7.87. The molecule has 0 aliphatic carbocycles. The summed E-state index contributed by atoms with van der Waals surface area (Å²) < 4.78 is 0. The van der Waals surface area contributed by atoms with Gasteiger partial charge in [-0.1, -0.05) is 91.0 Å². The first-order valence-electron chi connectivity index (χ1n) is 10.1. The van der Waals surface area contributed by atoms with Crippen molar-refractivity contribution in [3.05, 3.63) is 133 Å². The van der Waals surface area contributed by atoms with Crippen LogP contribution in [-0.2, 0) is 4.79 Å². The van der Waals surface area contributed by atoms with Crippen LogP contribution >= 0.6 is 7.26 Å². The highest BCUT2D eigenvalue weighted by molar-refractivity contribution is 7.96. The summed E-state index contributed by atoms with van der Waals surface area (Å²) in [6.07, 6.45) is 4.12. The van der Waals surface area contributed by atoms with Crippen molar-refractivity contribution in [3.63, 3.8) is 0 Å². The van der Waals surface area contributed by atoms with Crippen LogP contribution in [0.2, 0.25) is 0 Å². The third kappa shape index (κ3) is 4.32. The summed E-state index contributed by atoms with van der Waals surface area (Å²) in [4.78, 5) is 13.3. The predicted octanol–water partition coefficient (Wildman–Crippen LogP) is 5.26. The first kappa shape index (κ1) is 20.0. The highest BCUT2D eigenvalue weighted by atomic mass is 31.2. The van der Waals surface area contributed by atoms with Gasteiger partial charge in [0.05, 0.1) is 0 Å². The molecule has 0 heterocycles. The van der Waals surface area contributed by atoms with Crippen molar-refractivity contribution in [2.24, 2.45) is 0 Å². The van der Waals surface area contributed by atoms with Crippen molar-refractivity contribution in [1.82, 2.24) is 0 Å². The Labute approximate surface area is 179 Å². The van der Waals surface area contributed by atoms with Gasteiger partial charge in [0.2, 0.25) is 0 Å². The SMILES string of the molecule is O=C(C=Cc1ccccc1)C[P+](c1ccccc1)(c1ccccc1)c1ccccc1. The van der Waals surface area contributed by atoms with E-state index >= 15 is 0 Å². The van der Waals surface area contributed by atoms with Crippen LogP contribution in [0.25, 0.3) is 6.08 Å². The van der Waals surface area contributed by atoms with E-state index in [4.69, 9.17) is 0 Å². The van der Waals surface area contributed by atoms with Gasteiger partial charge >= 0.3 is 0 Å². The molecule has 0 N–H and O–H groups in total. The third-order valence-corrected chi connectivity index (χ3v) is 9.57. The van der Waals surface area contributed by atoms with Crippen LogP contribution in [0.4, 0.5) is 0 Å². The predicted molar refractivity (Wildman–Crippen MR) is 130 cm³/mol. The molecule has 30 heavy (non-hydrogen) atoms. The van der Waals surface area contributed by atoms with Crippen LogP contribution in [0, 0.1) is 0 Å². The lowest BCUT2D eigenvalue weighted by Gasteiger charge is -2.26. The molecule has 1 nitrogen and oxygen atoms in total. The second-order valence-corrected chi connectivity index (χ2v) is 10.7. The highest BCUT2D eigenvalue weighted by Crippen LogP contribution is 2.55. The molecule has 0 aromatic heterocycles. The largest absolute Gasteiger partial charge is 0.291 e. The number of carbonyl (C=O) groups excluding carboxylic acids is 1. The fraction of sp³-hybridized carbons (Fsp3) is 0.0357. The van der Waals surface area contributed by atoms with Crippen LogP contribution in [-0.4, -0.2) is 11.9 Å². The Kier molecular flexibility index (Phi) is 6.32. The lowest BCUT2D eigenvalue weighted by Crippen LogP contribution is -2.35. The van der Waals surface area contributed by atoms with E-state index in [-0.39, 0.29) is 5.78 Å². The lowest BCUT2D eigenvalue weighted by molar-refractivity contribution is -0.112. The van der Waals surface area contributed by atoms with Crippen molar-refractivity contribution < 1.29 is 4.79 Å². The third-order valence-electron chi connectivity index (χ3n) is 5.25. The monoisotopic (exact) mass is 407 g/mol. The number of carbonyl (C=O) groups is 1. The van der Waals surface area contributed by atoms with E-state index in [1.54, 1.807) is 6.08 Å². The minimum Gasteiger partial charge on any atom is -0.291 e. The smallest absolute Gasteiger partial charge is 0.193 e. The van der Waals surface area contributed by atoms with Gasteiger partial charge in [-0.15, -0.1) is 0 Å². The summed E-state index contributed by atoms with van der Waals surface area (Å²) in [5.41, 5.74) is 1.04. The van der Waals surface area contributed by atoms with E-state index in [1.807, 2.05) is 54.6 Å². The molecular formula is C28H24OP+. The molecule has 4 rings (SSSR count). The quantitative estimate of drug-likeness (QED) is 0.302. The molecule has 2 heteroatoms.